The Kier molecular flexibility index (Phi) is 3.14. The SMILES string of the molecule is CC(C)(C)n1cc(C(=O)c2cc(F)ccc2O)cn1. The molecule has 0 saturated carbocycles. The normalized spacial score (nSPS) is 11.6. The molecule has 1 N–H and O–H groups in total. The van der Waals surface area contributed by atoms with Crippen LogP contribution in [0.15, 0.2) is 30.6 Å². The molecule has 0 aliphatic carbocycles. The smallest absolute Gasteiger partial charge is 0.200 e. The molecule has 2 rings (SSSR count). The van der Waals surface area contributed by atoms with E-state index in [0.717, 1.165) is 18.2 Å². The summed E-state index contributed by atoms with van der Waals surface area (Å²) in [6.07, 6.45) is 3.00. The number of aromatic nitrogens is 2. The van der Waals surface area contributed by atoms with Crippen LogP contribution in [0.5, 0.6) is 5.75 Å². The van der Waals surface area contributed by atoms with Crippen LogP contribution in [0.2, 0.25) is 0 Å². The average Bonchev–Trinajstić information content (AvgIpc) is 2.80. The first-order valence-electron chi connectivity index (χ1n) is 5.87. The summed E-state index contributed by atoms with van der Waals surface area (Å²) in [7, 11) is 0. The number of nitrogens with zero attached hydrogens (tertiary/aromatic N) is 2. The molecule has 1 heterocycles. The number of benzene rings is 1. The molecule has 0 aliphatic rings. The lowest BCUT2D eigenvalue weighted by atomic mass is 10.0. The molecular formula is C14H15FN2O2. The first kappa shape index (κ1) is 13.3. The van der Waals surface area contributed by atoms with Gasteiger partial charge in [0.2, 0.25) is 0 Å². The largest absolute Gasteiger partial charge is 0.507 e. The quantitative estimate of drug-likeness (QED) is 0.847. The van der Waals surface area contributed by atoms with Gasteiger partial charge in [-0.15, -0.1) is 0 Å². The number of aromatic hydroxyl groups is 1. The summed E-state index contributed by atoms with van der Waals surface area (Å²) >= 11 is 0. The third kappa shape index (κ3) is 2.65. The fraction of sp³-hybridized carbons (Fsp3) is 0.286. The van der Waals surface area contributed by atoms with Gasteiger partial charge in [0.1, 0.15) is 11.6 Å². The average molecular weight is 262 g/mol. The molecule has 0 fully saturated rings. The Morgan fingerprint density at radius 1 is 1.37 bits per heavy atom. The summed E-state index contributed by atoms with van der Waals surface area (Å²) in [5, 5.41) is 13.7. The van der Waals surface area contributed by atoms with E-state index in [1.54, 1.807) is 10.9 Å². The van der Waals surface area contributed by atoms with Gasteiger partial charge in [0, 0.05) is 6.20 Å². The Balaban J connectivity index is 2.39. The van der Waals surface area contributed by atoms with E-state index in [9.17, 15) is 14.3 Å². The van der Waals surface area contributed by atoms with Gasteiger partial charge in [0.15, 0.2) is 5.78 Å². The van der Waals surface area contributed by atoms with Crippen LogP contribution in [0.25, 0.3) is 0 Å². The van der Waals surface area contributed by atoms with Gasteiger partial charge in [-0.1, -0.05) is 0 Å². The first-order valence-corrected chi connectivity index (χ1v) is 5.87. The van der Waals surface area contributed by atoms with Crippen molar-refractivity contribution >= 4 is 5.78 Å². The van der Waals surface area contributed by atoms with Crippen molar-refractivity contribution in [3.8, 4) is 5.75 Å². The number of hydrogen-bond acceptors (Lipinski definition) is 3. The zero-order valence-electron chi connectivity index (χ0n) is 11.0. The van der Waals surface area contributed by atoms with Crippen molar-refractivity contribution in [3.05, 3.63) is 47.5 Å². The van der Waals surface area contributed by atoms with E-state index in [1.807, 2.05) is 20.8 Å². The van der Waals surface area contributed by atoms with Crippen LogP contribution in [0.1, 0.15) is 36.7 Å². The summed E-state index contributed by atoms with van der Waals surface area (Å²) in [6.45, 7) is 5.86. The molecule has 0 amide bonds. The summed E-state index contributed by atoms with van der Waals surface area (Å²) in [5.41, 5.74) is 0.00646. The highest BCUT2D eigenvalue weighted by Crippen LogP contribution is 2.22. The molecule has 0 saturated heterocycles. The Morgan fingerprint density at radius 2 is 2.05 bits per heavy atom. The highest BCUT2D eigenvalue weighted by atomic mass is 19.1. The van der Waals surface area contributed by atoms with Gasteiger partial charge < -0.3 is 5.11 Å². The number of halogens is 1. The second kappa shape index (κ2) is 4.50. The Morgan fingerprint density at radius 3 is 2.63 bits per heavy atom. The maximum absolute atomic E-state index is 13.1. The van der Waals surface area contributed by atoms with Gasteiger partial charge in [-0.05, 0) is 39.0 Å². The molecule has 0 atom stereocenters. The number of rotatable bonds is 2. The fourth-order valence-electron chi connectivity index (χ4n) is 1.65. The van der Waals surface area contributed by atoms with E-state index in [0.29, 0.717) is 5.56 Å². The van der Waals surface area contributed by atoms with Crippen molar-refractivity contribution < 1.29 is 14.3 Å². The molecule has 100 valence electrons. The lowest BCUT2D eigenvalue weighted by Crippen LogP contribution is -2.22. The molecule has 1 aromatic carbocycles. The number of phenolic OH excluding ortho intramolecular Hbond substituents is 1. The van der Waals surface area contributed by atoms with Gasteiger partial charge in [0.25, 0.3) is 0 Å². The minimum absolute atomic E-state index is 0.0616. The lowest BCUT2D eigenvalue weighted by molar-refractivity contribution is 0.103. The highest BCUT2D eigenvalue weighted by molar-refractivity contribution is 6.10. The summed E-state index contributed by atoms with van der Waals surface area (Å²) in [4.78, 5) is 12.2. The third-order valence-electron chi connectivity index (χ3n) is 2.74. The molecule has 19 heavy (non-hydrogen) atoms. The zero-order valence-corrected chi connectivity index (χ0v) is 11.0. The van der Waals surface area contributed by atoms with E-state index < -0.39 is 11.6 Å². The van der Waals surface area contributed by atoms with Crippen molar-refractivity contribution in [1.82, 2.24) is 9.78 Å². The van der Waals surface area contributed by atoms with E-state index in [4.69, 9.17) is 0 Å². The molecule has 0 bridgehead atoms. The van der Waals surface area contributed by atoms with Gasteiger partial charge in [-0.25, -0.2) is 4.39 Å². The topological polar surface area (TPSA) is 55.1 Å². The number of phenols is 1. The monoisotopic (exact) mass is 262 g/mol. The molecule has 2 aromatic rings. The fourth-order valence-corrected chi connectivity index (χ4v) is 1.65. The number of carbonyl (C=O) groups excluding carboxylic acids is 1. The lowest BCUT2D eigenvalue weighted by Gasteiger charge is -2.18. The van der Waals surface area contributed by atoms with Crippen LogP contribution in [0.4, 0.5) is 4.39 Å². The van der Waals surface area contributed by atoms with Crippen LogP contribution >= 0.6 is 0 Å². The van der Waals surface area contributed by atoms with Crippen LogP contribution in [0, 0.1) is 5.82 Å². The van der Waals surface area contributed by atoms with Crippen molar-refractivity contribution in [1.29, 1.82) is 0 Å². The molecule has 0 unspecified atom stereocenters. The van der Waals surface area contributed by atoms with Crippen molar-refractivity contribution in [2.24, 2.45) is 0 Å². The van der Waals surface area contributed by atoms with Gasteiger partial charge in [-0.2, -0.15) is 5.10 Å². The van der Waals surface area contributed by atoms with Crippen molar-refractivity contribution in [3.63, 3.8) is 0 Å². The van der Waals surface area contributed by atoms with E-state index >= 15 is 0 Å². The Labute approximate surface area is 110 Å². The summed E-state index contributed by atoms with van der Waals surface area (Å²) in [5.74, 6) is -1.26. The Hall–Kier alpha value is -2.17. The molecular weight excluding hydrogens is 247 g/mol. The van der Waals surface area contributed by atoms with E-state index in [2.05, 4.69) is 5.10 Å². The van der Waals surface area contributed by atoms with Crippen molar-refractivity contribution in [2.75, 3.05) is 0 Å². The van der Waals surface area contributed by atoms with Crippen LogP contribution < -0.4 is 0 Å². The highest BCUT2D eigenvalue weighted by Gasteiger charge is 2.19. The van der Waals surface area contributed by atoms with Crippen LogP contribution in [-0.4, -0.2) is 20.7 Å². The second-order valence-corrected chi connectivity index (χ2v) is 5.33. The van der Waals surface area contributed by atoms with E-state index in [-0.39, 0.29) is 16.9 Å². The Bertz CT molecular complexity index is 627. The standard InChI is InChI=1S/C14H15FN2O2/c1-14(2,3)17-8-9(7-16-17)13(19)11-6-10(15)4-5-12(11)18/h4-8,18H,1-3H3. The maximum Gasteiger partial charge on any atom is 0.200 e. The zero-order chi connectivity index (χ0) is 14.2. The van der Waals surface area contributed by atoms with Crippen LogP contribution in [-0.2, 0) is 5.54 Å². The first-order chi connectivity index (χ1) is 8.79. The predicted octanol–water partition coefficient (Wildman–Crippen LogP) is 2.71. The minimum Gasteiger partial charge on any atom is -0.507 e. The summed E-state index contributed by atoms with van der Waals surface area (Å²) < 4.78 is 14.8. The molecule has 1 aromatic heterocycles. The van der Waals surface area contributed by atoms with E-state index in [1.165, 1.54) is 6.20 Å². The van der Waals surface area contributed by atoms with Gasteiger partial charge in [0.05, 0.1) is 22.9 Å². The number of hydrogen-bond donors (Lipinski definition) is 1. The molecule has 0 spiro atoms. The third-order valence-corrected chi connectivity index (χ3v) is 2.74. The number of carbonyl (C=O) groups is 1. The van der Waals surface area contributed by atoms with Gasteiger partial charge >= 0.3 is 0 Å². The van der Waals surface area contributed by atoms with Gasteiger partial charge in [-0.3, -0.25) is 9.48 Å². The predicted molar refractivity (Wildman–Crippen MR) is 68.7 cm³/mol. The molecule has 4 nitrogen and oxygen atoms in total. The minimum atomic E-state index is -0.565. The maximum atomic E-state index is 13.1. The van der Waals surface area contributed by atoms with Crippen LogP contribution in [0.3, 0.4) is 0 Å². The molecule has 0 radical (unpaired) electrons. The molecule has 5 heteroatoms. The van der Waals surface area contributed by atoms with Crippen molar-refractivity contribution in [2.45, 2.75) is 26.3 Å². The second-order valence-electron chi connectivity index (χ2n) is 5.33. The summed E-state index contributed by atoms with van der Waals surface area (Å²) in [6, 6.07) is 3.29. The number of ketones is 1. The molecule has 0 aliphatic heterocycles.